The first-order valence-corrected chi connectivity index (χ1v) is 9.80. The van der Waals surface area contributed by atoms with Crippen LogP contribution in [0.2, 0.25) is 0 Å². The molecule has 0 atom stereocenters. The van der Waals surface area contributed by atoms with Crippen molar-refractivity contribution < 1.29 is 27.4 Å². The molecule has 2 aromatic rings. The van der Waals surface area contributed by atoms with Crippen molar-refractivity contribution in [3.8, 4) is 17.2 Å². The van der Waals surface area contributed by atoms with Crippen LogP contribution in [0.4, 0.5) is 5.69 Å². The van der Waals surface area contributed by atoms with Crippen LogP contribution in [0.15, 0.2) is 41.3 Å². The topological polar surface area (TPSA) is 103 Å². The van der Waals surface area contributed by atoms with E-state index in [2.05, 4.69) is 10.0 Å². The van der Waals surface area contributed by atoms with Gasteiger partial charge in [0.15, 0.2) is 11.5 Å². The Kier molecular flexibility index (Phi) is 5.52. The molecule has 9 heteroatoms. The first kappa shape index (κ1) is 19.0. The van der Waals surface area contributed by atoms with Gasteiger partial charge in [0.05, 0.1) is 6.61 Å². The Morgan fingerprint density at radius 3 is 2.67 bits per heavy atom. The highest BCUT2D eigenvalue weighted by Crippen LogP contribution is 2.33. The number of fused-ring (bicyclic) bond motifs is 1. The van der Waals surface area contributed by atoms with Gasteiger partial charge < -0.3 is 19.5 Å². The summed E-state index contributed by atoms with van der Waals surface area (Å²) >= 11 is 0. The van der Waals surface area contributed by atoms with Crippen molar-refractivity contribution in [3.63, 3.8) is 0 Å². The fourth-order valence-corrected chi connectivity index (χ4v) is 3.77. The Balaban J connectivity index is 1.83. The molecule has 1 heterocycles. The molecule has 1 amide bonds. The maximum atomic E-state index is 12.8. The molecular formula is C18H20N2O6S. The predicted octanol–water partition coefficient (Wildman–Crippen LogP) is 2.25. The fraction of sp³-hybridized carbons (Fsp3) is 0.278. The molecule has 27 heavy (non-hydrogen) atoms. The summed E-state index contributed by atoms with van der Waals surface area (Å²) in [6, 6.07) is 9.69. The van der Waals surface area contributed by atoms with E-state index < -0.39 is 10.0 Å². The third-order valence-corrected chi connectivity index (χ3v) is 5.18. The van der Waals surface area contributed by atoms with Gasteiger partial charge in [0.1, 0.15) is 10.6 Å². The summed E-state index contributed by atoms with van der Waals surface area (Å²) in [7, 11) is -3.88. The van der Waals surface area contributed by atoms with Gasteiger partial charge in [0.25, 0.3) is 0 Å². The Bertz CT molecular complexity index is 958. The fourth-order valence-electron chi connectivity index (χ4n) is 2.58. The number of sulfonamides is 1. The van der Waals surface area contributed by atoms with Crippen LogP contribution < -0.4 is 24.2 Å². The lowest BCUT2D eigenvalue weighted by atomic mass is 10.2. The summed E-state index contributed by atoms with van der Waals surface area (Å²) < 4.78 is 44.1. The maximum Gasteiger partial charge on any atom is 0.244 e. The molecule has 2 N–H and O–H groups in total. The lowest BCUT2D eigenvalue weighted by molar-refractivity contribution is -0.114. The molecular weight excluding hydrogens is 372 g/mol. The van der Waals surface area contributed by atoms with Crippen molar-refractivity contribution in [2.75, 3.05) is 18.7 Å². The second kappa shape index (κ2) is 7.85. The Hall–Kier alpha value is -2.78. The maximum absolute atomic E-state index is 12.8. The van der Waals surface area contributed by atoms with Gasteiger partial charge in [-0.15, -0.1) is 0 Å². The molecule has 0 radical (unpaired) electrons. The van der Waals surface area contributed by atoms with Gasteiger partial charge in [-0.1, -0.05) is 6.07 Å². The molecule has 0 bridgehead atoms. The number of rotatable bonds is 7. The number of benzene rings is 2. The summed E-state index contributed by atoms with van der Waals surface area (Å²) in [5.74, 6) is 1.12. The molecule has 0 saturated heterocycles. The molecule has 0 aromatic heterocycles. The zero-order valence-electron chi connectivity index (χ0n) is 14.9. The molecule has 0 saturated carbocycles. The van der Waals surface area contributed by atoms with Gasteiger partial charge in [-0.3, -0.25) is 4.79 Å². The predicted molar refractivity (Wildman–Crippen MR) is 98.5 cm³/mol. The van der Waals surface area contributed by atoms with E-state index in [1.807, 2.05) is 0 Å². The van der Waals surface area contributed by atoms with Crippen molar-refractivity contribution in [2.45, 2.75) is 25.3 Å². The van der Waals surface area contributed by atoms with Crippen LogP contribution in [0.3, 0.4) is 0 Å². The monoisotopic (exact) mass is 392 g/mol. The molecule has 0 aliphatic carbocycles. The summed E-state index contributed by atoms with van der Waals surface area (Å²) in [6.07, 6.45) is 0. The number of carbonyl (C=O) groups is 1. The van der Waals surface area contributed by atoms with Crippen LogP contribution in [0, 0.1) is 0 Å². The zero-order valence-corrected chi connectivity index (χ0v) is 15.8. The minimum absolute atomic E-state index is 0.0451. The summed E-state index contributed by atoms with van der Waals surface area (Å²) in [4.78, 5) is 11.2. The summed E-state index contributed by atoms with van der Waals surface area (Å²) in [5, 5.41) is 2.57. The number of nitrogens with one attached hydrogen (secondary N) is 2. The summed E-state index contributed by atoms with van der Waals surface area (Å²) in [6.45, 7) is 3.64. The van der Waals surface area contributed by atoms with E-state index in [-0.39, 0.29) is 29.9 Å². The molecule has 1 aliphatic rings. The highest BCUT2D eigenvalue weighted by Gasteiger charge is 2.21. The van der Waals surface area contributed by atoms with Gasteiger partial charge >= 0.3 is 0 Å². The van der Waals surface area contributed by atoms with Crippen molar-refractivity contribution in [1.82, 2.24) is 4.72 Å². The zero-order chi connectivity index (χ0) is 19.4. The lowest BCUT2D eigenvalue weighted by Gasteiger charge is -2.14. The highest BCUT2D eigenvalue weighted by molar-refractivity contribution is 7.89. The Morgan fingerprint density at radius 1 is 1.15 bits per heavy atom. The second-order valence-electron chi connectivity index (χ2n) is 5.79. The van der Waals surface area contributed by atoms with E-state index in [4.69, 9.17) is 14.2 Å². The third-order valence-electron chi connectivity index (χ3n) is 3.76. The first-order valence-electron chi connectivity index (χ1n) is 8.31. The number of ether oxygens (including phenoxy) is 3. The van der Waals surface area contributed by atoms with E-state index in [9.17, 15) is 13.2 Å². The smallest absolute Gasteiger partial charge is 0.244 e. The first-order chi connectivity index (χ1) is 12.9. The number of hydrogen-bond acceptors (Lipinski definition) is 6. The van der Waals surface area contributed by atoms with Gasteiger partial charge in [-0.2, -0.15) is 0 Å². The lowest BCUT2D eigenvalue weighted by Crippen LogP contribution is -2.24. The molecule has 0 spiro atoms. The number of anilines is 1. The standard InChI is InChI=1S/C18H20N2O6S/c1-3-24-16-7-5-14(20-12(2)21)9-18(16)27(22,23)19-10-13-4-6-15-17(8-13)26-11-25-15/h4-9,19H,3,10-11H2,1-2H3,(H,20,21). The molecule has 0 fully saturated rings. The SMILES string of the molecule is CCOc1ccc(NC(C)=O)cc1S(=O)(=O)NCc1ccc2c(c1)OCO2. The van der Waals surface area contributed by atoms with Crippen LogP contribution in [0.5, 0.6) is 17.2 Å². The van der Waals surface area contributed by atoms with Gasteiger partial charge in [0, 0.05) is 19.2 Å². The Labute approximate surface area is 157 Å². The van der Waals surface area contributed by atoms with Gasteiger partial charge in [-0.05, 0) is 42.8 Å². The van der Waals surface area contributed by atoms with E-state index in [1.54, 1.807) is 31.2 Å². The summed E-state index contributed by atoms with van der Waals surface area (Å²) in [5.41, 5.74) is 1.09. The van der Waals surface area contributed by atoms with Gasteiger partial charge in [0.2, 0.25) is 22.7 Å². The molecule has 3 rings (SSSR count). The van der Waals surface area contributed by atoms with E-state index in [0.29, 0.717) is 23.8 Å². The average molecular weight is 392 g/mol. The van der Waals surface area contributed by atoms with E-state index in [0.717, 1.165) is 5.56 Å². The number of amides is 1. The number of carbonyl (C=O) groups excluding carboxylic acids is 1. The quantitative estimate of drug-likeness (QED) is 0.749. The van der Waals surface area contributed by atoms with Gasteiger partial charge in [-0.25, -0.2) is 13.1 Å². The number of hydrogen-bond donors (Lipinski definition) is 2. The Morgan fingerprint density at radius 2 is 1.93 bits per heavy atom. The van der Waals surface area contributed by atoms with Crippen LogP contribution in [-0.4, -0.2) is 27.7 Å². The minimum Gasteiger partial charge on any atom is -0.492 e. The molecule has 2 aromatic carbocycles. The third kappa shape index (κ3) is 4.50. The van der Waals surface area contributed by atoms with Crippen molar-refractivity contribution >= 4 is 21.6 Å². The molecule has 144 valence electrons. The second-order valence-corrected chi connectivity index (χ2v) is 7.52. The van der Waals surface area contributed by atoms with E-state index >= 15 is 0 Å². The average Bonchev–Trinajstić information content (AvgIpc) is 3.09. The van der Waals surface area contributed by atoms with Crippen molar-refractivity contribution in [3.05, 3.63) is 42.0 Å². The van der Waals surface area contributed by atoms with Crippen LogP contribution in [0.25, 0.3) is 0 Å². The van der Waals surface area contributed by atoms with E-state index in [1.165, 1.54) is 19.1 Å². The van der Waals surface area contributed by atoms with Crippen LogP contribution in [0.1, 0.15) is 19.4 Å². The molecule has 1 aliphatic heterocycles. The van der Waals surface area contributed by atoms with Crippen molar-refractivity contribution in [1.29, 1.82) is 0 Å². The van der Waals surface area contributed by atoms with Crippen LogP contribution in [-0.2, 0) is 21.4 Å². The largest absolute Gasteiger partial charge is 0.492 e. The molecule has 0 unspecified atom stereocenters. The minimum atomic E-state index is -3.88. The molecule has 8 nitrogen and oxygen atoms in total. The normalized spacial score (nSPS) is 12.7. The van der Waals surface area contributed by atoms with Crippen LogP contribution >= 0.6 is 0 Å². The highest BCUT2D eigenvalue weighted by atomic mass is 32.2. The van der Waals surface area contributed by atoms with Crippen molar-refractivity contribution in [2.24, 2.45) is 0 Å².